The fourth-order valence-corrected chi connectivity index (χ4v) is 2.54. The van der Waals surface area contributed by atoms with Gasteiger partial charge in [-0.05, 0) is 31.4 Å². The molecule has 0 bridgehead atoms. The van der Waals surface area contributed by atoms with Crippen molar-refractivity contribution in [2.24, 2.45) is 0 Å². The van der Waals surface area contributed by atoms with Crippen molar-refractivity contribution in [2.75, 3.05) is 6.61 Å². The first kappa shape index (κ1) is 12.2. The van der Waals surface area contributed by atoms with Gasteiger partial charge in [0.2, 0.25) is 0 Å². The van der Waals surface area contributed by atoms with Crippen LogP contribution in [-0.4, -0.2) is 33.8 Å². The number of fused-ring (bicyclic) bond motifs is 1. The van der Waals surface area contributed by atoms with Crippen LogP contribution in [-0.2, 0) is 11.2 Å². The van der Waals surface area contributed by atoms with Crippen molar-refractivity contribution in [3.63, 3.8) is 0 Å². The summed E-state index contributed by atoms with van der Waals surface area (Å²) in [6.07, 6.45) is 4.29. The molecule has 1 aromatic heterocycles. The van der Waals surface area contributed by atoms with Crippen molar-refractivity contribution in [3.05, 3.63) is 29.6 Å². The predicted octanol–water partition coefficient (Wildman–Crippen LogP) is 2.37. The molecular weight excluding hydrogens is 244 g/mol. The summed E-state index contributed by atoms with van der Waals surface area (Å²) in [5, 5.41) is 9.12. The van der Waals surface area contributed by atoms with Crippen molar-refractivity contribution in [2.45, 2.75) is 31.8 Å². The molecule has 0 saturated carbocycles. The molecule has 1 unspecified atom stereocenters. The van der Waals surface area contributed by atoms with E-state index in [4.69, 9.17) is 9.84 Å². The van der Waals surface area contributed by atoms with Gasteiger partial charge in [0.05, 0.1) is 17.2 Å². The second kappa shape index (κ2) is 5.01. The van der Waals surface area contributed by atoms with Crippen molar-refractivity contribution >= 4 is 17.0 Å². The number of carboxylic acids is 1. The van der Waals surface area contributed by atoms with Gasteiger partial charge in [-0.1, -0.05) is 6.07 Å². The molecule has 3 rings (SSSR count). The Balaban J connectivity index is 1.80. The first-order valence-corrected chi connectivity index (χ1v) is 6.56. The van der Waals surface area contributed by atoms with Crippen LogP contribution in [0.4, 0.5) is 0 Å². The van der Waals surface area contributed by atoms with E-state index >= 15 is 0 Å². The van der Waals surface area contributed by atoms with Crippen molar-refractivity contribution in [1.82, 2.24) is 9.97 Å². The zero-order valence-electron chi connectivity index (χ0n) is 10.6. The highest BCUT2D eigenvalue weighted by Gasteiger charge is 2.17. The van der Waals surface area contributed by atoms with Gasteiger partial charge in [0.25, 0.3) is 0 Å². The van der Waals surface area contributed by atoms with E-state index in [1.54, 1.807) is 12.1 Å². The van der Waals surface area contributed by atoms with E-state index in [0.29, 0.717) is 11.6 Å². The van der Waals surface area contributed by atoms with Crippen LogP contribution < -0.4 is 0 Å². The number of ether oxygens (including phenoxy) is 1. The number of aromatic carboxylic acids is 1. The number of nitrogens with zero attached hydrogens (tertiary/aromatic N) is 1. The number of rotatable bonds is 4. The maximum Gasteiger partial charge on any atom is 0.337 e. The van der Waals surface area contributed by atoms with Crippen molar-refractivity contribution < 1.29 is 14.6 Å². The van der Waals surface area contributed by atoms with E-state index in [0.717, 1.165) is 43.6 Å². The maximum atomic E-state index is 11.1. The number of hydrogen-bond acceptors (Lipinski definition) is 3. The van der Waals surface area contributed by atoms with Gasteiger partial charge in [-0.25, -0.2) is 9.78 Å². The smallest absolute Gasteiger partial charge is 0.337 e. The average molecular weight is 260 g/mol. The maximum absolute atomic E-state index is 11.1. The highest BCUT2D eigenvalue weighted by molar-refractivity contribution is 6.00. The first-order valence-electron chi connectivity index (χ1n) is 6.56. The molecular formula is C14H16N2O3. The summed E-state index contributed by atoms with van der Waals surface area (Å²) >= 11 is 0. The number of aromatic amines is 1. The lowest BCUT2D eigenvalue weighted by molar-refractivity contribution is 0.0699. The summed E-state index contributed by atoms with van der Waals surface area (Å²) in [6.45, 7) is 0.855. The molecule has 1 atom stereocenters. The van der Waals surface area contributed by atoms with Crippen LogP contribution in [0, 0.1) is 0 Å². The van der Waals surface area contributed by atoms with Crippen molar-refractivity contribution in [1.29, 1.82) is 0 Å². The third kappa shape index (κ3) is 2.46. The summed E-state index contributed by atoms with van der Waals surface area (Å²) in [7, 11) is 0. The molecule has 1 aromatic carbocycles. The zero-order chi connectivity index (χ0) is 13.2. The summed E-state index contributed by atoms with van der Waals surface area (Å²) in [4.78, 5) is 18.7. The Morgan fingerprint density at radius 1 is 1.53 bits per heavy atom. The molecule has 0 amide bonds. The summed E-state index contributed by atoms with van der Waals surface area (Å²) in [5.41, 5.74) is 1.57. The fourth-order valence-electron chi connectivity index (χ4n) is 2.54. The second-order valence-corrected chi connectivity index (χ2v) is 4.86. The topological polar surface area (TPSA) is 75.2 Å². The number of imidazole rings is 1. The first-order chi connectivity index (χ1) is 9.24. The van der Waals surface area contributed by atoms with Crippen LogP contribution in [0.15, 0.2) is 18.2 Å². The Bertz CT molecular complexity index is 600. The zero-order valence-corrected chi connectivity index (χ0v) is 10.6. The molecule has 1 fully saturated rings. The third-order valence-corrected chi connectivity index (χ3v) is 3.52. The van der Waals surface area contributed by atoms with Crippen LogP contribution >= 0.6 is 0 Å². The van der Waals surface area contributed by atoms with Gasteiger partial charge in [0, 0.05) is 13.0 Å². The van der Waals surface area contributed by atoms with Gasteiger partial charge in [-0.2, -0.15) is 0 Å². The quantitative estimate of drug-likeness (QED) is 0.885. The fraction of sp³-hybridized carbons (Fsp3) is 0.429. The number of benzene rings is 1. The highest BCUT2D eigenvalue weighted by atomic mass is 16.5. The number of aromatic nitrogens is 2. The molecule has 2 aromatic rings. The minimum Gasteiger partial charge on any atom is -0.478 e. The Morgan fingerprint density at radius 2 is 2.42 bits per heavy atom. The lowest BCUT2D eigenvalue weighted by atomic mass is 10.1. The Labute approximate surface area is 110 Å². The summed E-state index contributed by atoms with van der Waals surface area (Å²) in [5.74, 6) is -0.109. The van der Waals surface area contributed by atoms with Crippen LogP contribution in [0.2, 0.25) is 0 Å². The van der Waals surface area contributed by atoms with E-state index in [1.165, 1.54) is 0 Å². The molecule has 100 valence electrons. The highest BCUT2D eigenvalue weighted by Crippen LogP contribution is 2.20. The van der Waals surface area contributed by atoms with E-state index in [1.807, 2.05) is 6.07 Å². The number of H-pyrrole nitrogens is 1. The molecule has 19 heavy (non-hydrogen) atoms. The van der Waals surface area contributed by atoms with Crippen LogP contribution in [0.3, 0.4) is 0 Å². The number of para-hydroxylation sites is 1. The van der Waals surface area contributed by atoms with Crippen molar-refractivity contribution in [3.8, 4) is 0 Å². The molecule has 2 heterocycles. The van der Waals surface area contributed by atoms with Gasteiger partial charge in [-0.15, -0.1) is 0 Å². The van der Waals surface area contributed by atoms with E-state index in [2.05, 4.69) is 9.97 Å². The van der Waals surface area contributed by atoms with Gasteiger partial charge >= 0.3 is 5.97 Å². The molecule has 0 aliphatic carbocycles. The monoisotopic (exact) mass is 260 g/mol. The Morgan fingerprint density at radius 3 is 3.16 bits per heavy atom. The van der Waals surface area contributed by atoms with E-state index < -0.39 is 5.97 Å². The van der Waals surface area contributed by atoms with Gasteiger partial charge in [0.15, 0.2) is 0 Å². The summed E-state index contributed by atoms with van der Waals surface area (Å²) < 4.78 is 5.57. The van der Waals surface area contributed by atoms with E-state index in [-0.39, 0.29) is 5.56 Å². The number of nitrogens with one attached hydrogen (secondary N) is 1. The van der Waals surface area contributed by atoms with Crippen LogP contribution in [0.25, 0.3) is 11.0 Å². The molecule has 1 aliphatic rings. The molecule has 1 aliphatic heterocycles. The molecule has 0 radical (unpaired) electrons. The molecule has 1 saturated heterocycles. The van der Waals surface area contributed by atoms with Gasteiger partial charge < -0.3 is 14.8 Å². The lowest BCUT2D eigenvalue weighted by Gasteiger charge is -2.06. The lowest BCUT2D eigenvalue weighted by Crippen LogP contribution is -2.06. The SMILES string of the molecule is O=C(O)c1cccc2[nH]c(CCC3CCCO3)nc12. The average Bonchev–Trinajstić information content (AvgIpc) is 3.04. The number of carbonyl (C=O) groups is 1. The van der Waals surface area contributed by atoms with Gasteiger partial charge in [0.1, 0.15) is 11.3 Å². The molecule has 0 spiro atoms. The second-order valence-electron chi connectivity index (χ2n) is 4.86. The van der Waals surface area contributed by atoms with Crippen LogP contribution in [0.5, 0.6) is 0 Å². The largest absolute Gasteiger partial charge is 0.478 e. The molecule has 5 nitrogen and oxygen atoms in total. The Hall–Kier alpha value is -1.88. The standard InChI is InChI=1S/C14H16N2O3/c17-14(18)10-4-1-5-11-13(10)16-12(15-11)7-6-9-3-2-8-19-9/h1,4-5,9H,2-3,6-8H2,(H,15,16)(H,17,18). The summed E-state index contributed by atoms with van der Waals surface area (Å²) in [6, 6.07) is 5.16. The normalized spacial score (nSPS) is 19.1. The Kier molecular flexibility index (Phi) is 3.21. The molecule has 5 heteroatoms. The number of aryl methyl sites for hydroxylation is 1. The third-order valence-electron chi connectivity index (χ3n) is 3.52. The number of hydrogen-bond donors (Lipinski definition) is 2. The van der Waals surface area contributed by atoms with E-state index in [9.17, 15) is 4.79 Å². The minimum atomic E-state index is -0.942. The predicted molar refractivity (Wildman–Crippen MR) is 70.3 cm³/mol. The van der Waals surface area contributed by atoms with Gasteiger partial charge in [-0.3, -0.25) is 0 Å². The molecule has 2 N–H and O–H groups in total. The minimum absolute atomic E-state index is 0.247. The van der Waals surface area contributed by atoms with Crippen LogP contribution in [0.1, 0.15) is 35.4 Å². The number of carboxylic acid groups (broad SMARTS) is 1.